The number of ether oxygens (including phenoxy) is 2. The number of rotatable bonds is 6. The molecule has 0 bridgehead atoms. The summed E-state index contributed by atoms with van der Waals surface area (Å²) in [5.41, 5.74) is 0.526. The molecule has 0 N–H and O–H groups in total. The van der Waals surface area contributed by atoms with Crippen LogP contribution in [-0.2, 0) is 9.59 Å². The predicted octanol–water partition coefficient (Wildman–Crippen LogP) is 4.23. The van der Waals surface area contributed by atoms with Crippen LogP contribution in [0.15, 0.2) is 47.4 Å². The van der Waals surface area contributed by atoms with E-state index in [0.717, 1.165) is 29.5 Å². The second-order valence-corrected chi connectivity index (χ2v) is 9.00. The number of esters is 1. The summed E-state index contributed by atoms with van der Waals surface area (Å²) in [5.74, 6) is -1.19. The number of para-hydroxylation sites is 1. The average molecular weight is 501 g/mol. The van der Waals surface area contributed by atoms with Crippen molar-refractivity contribution in [3.63, 3.8) is 0 Å². The minimum Gasteiger partial charge on any atom is -0.493 e. The van der Waals surface area contributed by atoms with E-state index >= 15 is 0 Å². The molecule has 2 fully saturated rings. The van der Waals surface area contributed by atoms with E-state index in [1.807, 2.05) is 0 Å². The van der Waals surface area contributed by atoms with Crippen LogP contribution in [0.25, 0.3) is 6.08 Å². The Labute approximate surface area is 205 Å². The summed E-state index contributed by atoms with van der Waals surface area (Å²) in [5, 5.41) is -0.297. The van der Waals surface area contributed by atoms with Gasteiger partial charge in [0.05, 0.1) is 22.6 Å². The van der Waals surface area contributed by atoms with Gasteiger partial charge >= 0.3 is 5.97 Å². The molecule has 0 radical (unpaired) electrons. The van der Waals surface area contributed by atoms with Gasteiger partial charge in [0, 0.05) is 18.7 Å². The van der Waals surface area contributed by atoms with Crippen molar-refractivity contribution in [2.24, 2.45) is 0 Å². The number of halogens is 1. The van der Waals surface area contributed by atoms with E-state index in [4.69, 9.17) is 21.1 Å². The van der Waals surface area contributed by atoms with Crippen LogP contribution in [-0.4, -0.2) is 59.6 Å². The summed E-state index contributed by atoms with van der Waals surface area (Å²) in [6.45, 7) is 0.970. The number of imide groups is 1. The summed E-state index contributed by atoms with van der Waals surface area (Å²) < 4.78 is 10.9. The number of thioether (sulfide) groups is 1. The Kier molecular flexibility index (Phi) is 7.23. The van der Waals surface area contributed by atoms with E-state index in [2.05, 4.69) is 0 Å². The summed E-state index contributed by atoms with van der Waals surface area (Å²) in [6.07, 6.45) is 3.28. The quantitative estimate of drug-likeness (QED) is 0.333. The molecule has 2 aromatic carbocycles. The molecule has 2 saturated heterocycles. The van der Waals surface area contributed by atoms with Crippen LogP contribution in [0.3, 0.4) is 0 Å². The van der Waals surface area contributed by atoms with Crippen LogP contribution in [0.5, 0.6) is 11.5 Å². The first-order chi connectivity index (χ1) is 16.4. The second kappa shape index (κ2) is 10.3. The monoisotopic (exact) mass is 500 g/mol. The molecular formula is C24H21ClN2O6S. The Morgan fingerprint density at radius 3 is 2.53 bits per heavy atom. The van der Waals surface area contributed by atoms with Crippen LogP contribution in [0.2, 0.25) is 5.02 Å². The lowest BCUT2D eigenvalue weighted by molar-refractivity contribution is -0.135. The van der Waals surface area contributed by atoms with Crippen molar-refractivity contribution in [3.05, 3.63) is 63.5 Å². The standard InChI is InChI=1S/C24H21ClN2O6S/c1-32-18-10-6-7-15(21(18)33-23(30)16-8-2-3-9-17(16)25)13-19-22(29)27(24(31)34-19)14-20(28)26-11-4-5-12-26/h2-3,6-10,13H,4-5,11-12,14H2,1H3/b19-13-. The zero-order valence-corrected chi connectivity index (χ0v) is 19.9. The molecule has 0 spiro atoms. The van der Waals surface area contributed by atoms with Gasteiger partial charge in [-0.05, 0) is 48.9 Å². The van der Waals surface area contributed by atoms with Crippen molar-refractivity contribution in [2.45, 2.75) is 12.8 Å². The largest absolute Gasteiger partial charge is 0.493 e. The van der Waals surface area contributed by atoms with Gasteiger partial charge in [-0.25, -0.2) is 4.79 Å². The first kappa shape index (κ1) is 23.8. The number of likely N-dealkylation sites (tertiary alicyclic amines) is 1. The molecule has 2 heterocycles. The first-order valence-electron chi connectivity index (χ1n) is 10.6. The third-order valence-corrected chi connectivity index (χ3v) is 6.67. The molecule has 2 aliphatic heterocycles. The molecule has 0 aliphatic carbocycles. The van der Waals surface area contributed by atoms with Crippen molar-refractivity contribution >= 4 is 52.5 Å². The maximum Gasteiger partial charge on any atom is 0.345 e. The normalized spacial score (nSPS) is 16.9. The zero-order valence-electron chi connectivity index (χ0n) is 18.3. The highest BCUT2D eigenvalue weighted by molar-refractivity contribution is 8.18. The van der Waals surface area contributed by atoms with Crippen LogP contribution in [0, 0.1) is 0 Å². The Morgan fingerprint density at radius 1 is 1.09 bits per heavy atom. The molecule has 3 amide bonds. The number of hydrogen-bond donors (Lipinski definition) is 0. The smallest absolute Gasteiger partial charge is 0.345 e. The highest BCUT2D eigenvalue weighted by Crippen LogP contribution is 2.38. The van der Waals surface area contributed by atoms with Crippen molar-refractivity contribution in [3.8, 4) is 11.5 Å². The fraction of sp³-hybridized carbons (Fsp3) is 0.250. The van der Waals surface area contributed by atoms with Crippen molar-refractivity contribution < 1.29 is 28.7 Å². The molecule has 0 unspecified atom stereocenters. The number of benzene rings is 2. The first-order valence-corrected chi connectivity index (χ1v) is 11.8. The Hall–Kier alpha value is -3.30. The SMILES string of the molecule is COc1cccc(/C=C2\SC(=O)N(CC(=O)N3CCCC3)C2=O)c1OC(=O)c1ccccc1Cl. The van der Waals surface area contributed by atoms with Crippen LogP contribution < -0.4 is 9.47 Å². The van der Waals surface area contributed by atoms with Gasteiger partial charge in [-0.1, -0.05) is 35.9 Å². The van der Waals surface area contributed by atoms with Crippen LogP contribution in [0.4, 0.5) is 4.79 Å². The second-order valence-electron chi connectivity index (χ2n) is 7.60. The Balaban J connectivity index is 1.59. The molecule has 0 aromatic heterocycles. The van der Waals surface area contributed by atoms with Gasteiger partial charge in [0.15, 0.2) is 11.5 Å². The lowest BCUT2D eigenvalue weighted by atomic mass is 10.1. The van der Waals surface area contributed by atoms with E-state index < -0.39 is 17.1 Å². The fourth-order valence-electron chi connectivity index (χ4n) is 3.67. The molecule has 8 nitrogen and oxygen atoms in total. The van der Waals surface area contributed by atoms with E-state index in [1.165, 1.54) is 19.3 Å². The molecule has 4 rings (SSSR count). The third kappa shape index (κ3) is 4.95. The van der Waals surface area contributed by atoms with Gasteiger partial charge in [0.25, 0.3) is 11.1 Å². The topological polar surface area (TPSA) is 93.2 Å². The highest BCUT2D eigenvalue weighted by Gasteiger charge is 2.37. The van der Waals surface area contributed by atoms with E-state index in [1.54, 1.807) is 41.3 Å². The maximum absolute atomic E-state index is 12.9. The molecule has 0 saturated carbocycles. The predicted molar refractivity (Wildman–Crippen MR) is 128 cm³/mol. The van der Waals surface area contributed by atoms with E-state index in [9.17, 15) is 19.2 Å². The molecular weight excluding hydrogens is 480 g/mol. The number of carbonyl (C=O) groups is 4. The van der Waals surface area contributed by atoms with Gasteiger partial charge in [-0.15, -0.1) is 0 Å². The number of nitrogens with zero attached hydrogens (tertiary/aromatic N) is 2. The van der Waals surface area contributed by atoms with Gasteiger partial charge in [-0.3, -0.25) is 19.3 Å². The van der Waals surface area contributed by atoms with Gasteiger partial charge in [-0.2, -0.15) is 0 Å². The molecule has 34 heavy (non-hydrogen) atoms. The van der Waals surface area contributed by atoms with E-state index in [-0.39, 0.29) is 39.4 Å². The van der Waals surface area contributed by atoms with Gasteiger partial charge in [0.1, 0.15) is 6.54 Å². The van der Waals surface area contributed by atoms with Gasteiger partial charge in [0.2, 0.25) is 5.91 Å². The number of methoxy groups -OCH3 is 1. The van der Waals surface area contributed by atoms with Gasteiger partial charge < -0.3 is 14.4 Å². The number of amides is 3. The zero-order chi connectivity index (χ0) is 24.2. The molecule has 10 heteroatoms. The van der Waals surface area contributed by atoms with Crippen LogP contribution in [0.1, 0.15) is 28.8 Å². The fourth-order valence-corrected chi connectivity index (χ4v) is 4.71. The minimum absolute atomic E-state index is 0.0786. The summed E-state index contributed by atoms with van der Waals surface area (Å²) in [4.78, 5) is 53.3. The molecule has 176 valence electrons. The molecule has 2 aliphatic rings. The summed E-state index contributed by atoms with van der Waals surface area (Å²) in [6, 6.07) is 11.3. The summed E-state index contributed by atoms with van der Waals surface area (Å²) >= 11 is 6.84. The van der Waals surface area contributed by atoms with Crippen LogP contribution >= 0.6 is 23.4 Å². The number of carbonyl (C=O) groups excluding carboxylic acids is 4. The lowest BCUT2D eigenvalue weighted by Crippen LogP contribution is -2.40. The Bertz CT molecular complexity index is 1190. The van der Waals surface area contributed by atoms with E-state index in [0.29, 0.717) is 18.7 Å². The van der Waals surface area contributed by atoms with Crippen molar-refractivity contribution in [1.82, 2.24) is 9.80 Å². The molecule has 0 atom stereocenters. The Morgan fingerprint density at radius 2 is 1.82 bits per heavy atom. The maximum atomic E-state index is 12.9. The molecule has 2 aromatic rings. The average Bonchev–Trinajstić information content (AvgIpc) is 3.45. The van der Waals surface area contributed by atoms with Crippen molar-refractivity contribution in [2.75, 3.05) is 26.7 Å². The summed E-state index contributed by atoms with van der Waals surface area (Å²) in [7, 11) is 1.42. The lowest BCUT2D eigenvalue weighted by Gasteiger charge is -2.18. The third-order valence-electron chi connectivity index (χ3n) is 5.43. The number of hydrogen-bond acceptors (Lipinski definition) is 7. The van der Waals surface area contributed by atoms with Crippen molar-refractivity contribution in [1.29, 1.82) is 0 Å². The minimum atomic E-state index is -0.700. The highest BCUT2D eigenvalue weighted by atomic mass is 35.5.